The number of halogens is 1. The monoisotopic (exact) mass is 238 g/mol. The third kappa shape index (κ3) is 1.81. The van der Waals surface area contributed by atoms with Gasteiger partial charge in [0.15, 0.2) is 0 Å². The lowest BCUT2D eigenvalue weighted by Gasteiger charge is -2.05. The zero-order chi connectivity index (χ0) is 11.7. The number of ether oxygens (including phenoxy) is 1. The second-order valence-corrected chi connectivity index (χ2v) is 3.89. The number of aromatic nitrogens is 2. The molecule has 0 unspecified atom stereocenters. The van der Waals surface area contributed by atoms with E-state index in [0.29, 0.717) is 17.8 Å². The lowest BCUT2D eigenvalue weighted by Crippen LogP contribution is -2.18. The summed E-state index contributed by atoms with van der Waals surface area (Å²) in [5, 5.41) is 0.250. The van der Waals surface area contributed by atoms with E-state index in [4.69, 9.17) is 16.3 Å². The molecule has 2 aromatic heterocycles. The van der Waals surface area contributed by atoms with Crippen LogP contribution in [-0.4, -0.2) is 16.5 Å². The number of hydrogen-bond acceptors (Lipinski definition) is 3. The van der Waals surface area contributed by atoms with Crippen LogP contribution in [0.25, 0.3) is 5.65 Å². The van der Waals surface area contributed by atoms with Crippen molar-refractivity contribution in [1.29, 1.82) is 0 Å². The Morgan fingerprint density at radius 1 is 1.56 bits per heavy atom. The molecule has 0 bridgehead atoms. The van der Waals surface area contributed by atoms with Crippen LogP contribution >= 0.6 is 11.6 Å². The smallest absolute Gasteiger partial charge is 0.262 e. The van der Waals surface area contributed by atoms with Crippen molar-refractivity contribution in [3.63, 3.8) is 0 Å². The van der Waals surface area contributed by atoms with Gasteiger partial charge >= 0.3 is 0 Å². The van der Waals surface area contributed by atoms with Crippen molar-refractivity contribution in [2.75, 3.05) is 7.11 Å². The van der Waals surface area contributed by atoms with Gasteiger partial charge in [0.2, 0.25) is 0 Å². The molecule has 0 aliphatic carbocycles. The van der Waals surface area contributed by atoms with Crippen LogP contribution in [0.2, 0.25) is 5.15 Å². The Morgan fingerprint density at radius 2 is 2.31 bits per heavy atom. The van der Waals surface area contributed by atoms with Crippen LogP contribution in [0.1, 0.15) is 11.1 Å². The van der Waals surface area contributed by atoms with Gasteiger partial charge in [0.05, 0.1) is 12.2 Å². The van der Waals surface area contributed by atoms with Crippen molar-refractivity contribution in [2.24, 2.45) is 0 Å². The molecule has 0 saturated heterocycles. The Hall–Kier alpha value is -1.39. The molecule has 0 fully saturated rings. The van der Waals surface area contributed by atoms with Crippen LogP contribution in [0.4, 0.5) is 0 Å². The molecule has 84 valence electrons. The van der Waals surface area contributed by atoms with Crippen molar-refractivity contribution in [3.05, 3.63) is 45.0 Å². The lowest BCUT2D eigenvalue weighted by molar-refractivity contribution is 0.185. The standard InChI is InChI=1S/C11H11ClN2O2/c1-7-10(12)13-9-5-8(6-16-2)3-4-14(9)11(7)15/h3-5H,6H2,1-2H3. The van der Waals surface area contributed by atoms with Crippen LogP contribution in [-0.2, 0) is 11.3 Å². The first-order valence-corrected chi connectivity index (χ1v) is 5.17. The topological polar surface area (TPSA) is 43.6 Å². The van der Waals surface area contributed by atoms with Gasteiger partial charge in [0, 0.05) is 13.3 Å². The van der Waals surface area contributed by atoms with Crippen LogP contribution in [0, 0.1) is 6.92 Å². The highest BCUT2D eigenvalue weighted by Gasteiger charge is 2.06. The van der Waals surface area contributed by atoms with Gasteiger partial charge in [-0.1, -0.05) is 11.6 Å². The van der Waals surface area contributed by atoms with E-state index in [0.717, 1.165) is 5.56 Å². The average molecular weight is 239 g/mol. The molecule has 0 aliphatic heterocycles. The van der Waals surface area contributed by atoms with Crippen molar-refractivity contribution in [1.82, 2.24) is 9.38 Å². The third-order valence-corrected chi connectivity index (χ3v) is 2.74. The van der Waals surface area contributed by atoms with Gasteiger partial charge in [0.1, 0.15) is 10.8 Å². The average Bonchev–Trinajstić information content (AvgIpc) is 2.26. The summed E-state index contributed by atoms with van der Waals surface area (Å²) in [4.78, 5) is 16.0. The molecule has 0 spiro atoms. The second-order valence-electron chi connectivity index (χ2n) is 3.53. The number of hydrogen-bond donors (Lipinski definition) is 0. The number of rotatable bonds is 2. The molecule has 0 radical (unpaired) electrons. The van der Waals surface area contributed by atoms with Gasteiger partial charge in [-0.05, 0) is 24.6 Å². The summed E-state index contributed by atoms with van der Waals surface area (Å²) in [6.45, 7) is 2.14. The number of methoxy groups -OCH3 is 1. The fraction of sp³-hybridized carbons (Fsp3) is 0.273. The molecule has 0 N–H and O–H groups in total. The minimum atomic E-state index is -0.140. The van der Waals surface area contributed by atoms with Gasteiger partial charge in [-0.3, -0.25) is 9.20 Å². The Kier molecular flexibility index (Phi) is 2.94. The molecule has 2 rings (SSSR count). The second kappa shape index (κ2) is 4.23. The summed E-state index contributed by atoms with van der Waals surface area (Å²) in [6.07, 6.45) is 1.68. The van der Waals surface area contributed by atoms with E-state index in [2.05, 4.69) is 4.98 Å². The number of nitrogens with zero attached hydrogens (tertiary/aromatic N) is 2. The molecule has 5 heteroatoms. The summed E-state index contributed by atoms with van der Waals surface area (Å²) in [5.74, 6) is 0. The molecule has 0 saturated carbocycles. The van der Waals surface area contributed by atoms with E-state index in [1.807, 2.05) is 6.07 Å². The van der Waals surface area contributed by atoms with Crippen molar-refractivity contribution >= 4 is 17.2 Å². The Labute approximate surface area is 97.5 Å². The first-order valence-electron chi connectivity index (χ1n) is 4.80. The molecular formula is C11H11ClN2O2. The summed E-state index contributed by atoms with van der Waals surface area (Å²) in [7, 11) is 1.62. The van der Waals surface area contributed by atoms with Crippen molar-refractivity contribution in [3.8, 4) is 0 Å². The van der Waals surface area contributed by atoms with Crippen LogP contribution in [0.5, 0.6) is 0 Å². The lowest BCUT2D eigenvalue weighted by atomic mass is 10.2. The highest BCUT2D eigenvalue weighted by Crippen LogP contribution is 2.11. The first kappa shape index (κ1) is 11.1. The molecule has 0 atom stereocenters. The molecule has 2 heterocycles. The molecule has 0 aromatic carbocycles. The van der Waals surface area contributed by atoms with Crippen molar-refractivity contribution in [2.45, 2.75) is 13.5 Å². The summed E-state index contributed by atoms with van der Waals surface area (Å²) >= 11 is 5.87. The highest BCUT2D eigenvalue weighted by molar-refractivity contribution is 6.30. The quantitative estimate of drug-likeness (QED) is 0.750. The molecule has 16 heavy (non-hydrogen) atoms. The number of pyridine rings is 1. The SMILES string of the molecule is COCc1ccn2c(=O)c(C)c(Cl)nc2c1. The Morgan fingerprint density at radius 3 is 3.00 bits per heavy atom. The molecule has 0 amide bonds. The minimum absolute atomic E-state index is 0.140. The Bertz CT molecular complexity index is 592. The Balaban J connectivity index is 2.71. The fourth-order valence-corrected chi connectivity index (χ4v) is 1.67. The summed E-state index contributed by atoms with van der Waals surface area (Å²) < 4.78 is 6.49. The first-order chi connectivity index (χ1) is 7.63. The zero-order valence-corrected chi connectivity index (χ0v) is 9.78. The number of fused-ring (bicyclic) bond motifs is 1. The highest BCUT2D eigenvalue weighted by atomic mass is 35.5. The predicted molar refractivity (Wildman–Crippen MR) is 61.9 cm³/mol. The zero-order valence-electron chi connectivity index (χ0n) is 9.03. The fourth-order valence-electron chi connectivity index (χ4n) is 1.50. The van der Waals surface area contributed by atoms with E-state index in [9.17, 15) is 4.79 Å². The van der Waals surface area contributed by atoms with Gasteiger partial charge in [-0.15, -0.1) is 0 Å². The van der Waals surface area contributed by atoms with E-state index in [-0.39, 0.29) is 10.7 Å². The van der Waals surface area contributed by atoms with E-state index in [1.54, 1.807) is 26.3 Å². The normalized spacial score (nSPS) is 10.9. The van der Waals surface area contributed by atoms with Gasteiger partial charge < -0.3 is 4.74 Å². The van der Waals surface area contributed by atoms with Crippen LogP contribution in [0.15, 0.2) is 23.1 Å². The van der Waals surface area contributed by atoms with Crippen molar-refractivity contribution < 1.29 is 4.74 Å². The molecule has 2 aromatic rings. The molecule has 4 nitrogen and oxygen atoms in total. The third-order valence-electron chi connectivity index (χ3n) is 2.37. The van der Waals surface area contributed by atoms with E-state index >= 15 is 0 Å². The van der Waals surface area contributed by atoms with Gasteiger partial charge in [-0.25, -0.2) is 4.98 Å². The largest absolute Gasteiger partial charge is 0.380 e. The summed E-state index contributed by atoms with van der Waals surface area (Å²) in [6, 6.07) is 3.61. The molecular weight excluding hydrogens is 228 g/mol. The van der Waals surface area contributed by atoms with Gasteiger partial charge in [-0.2, -0.15) is 0 Å². The minimum Gasteiger partial charge on any atom is -0.380 e. The maximum atomic E-state index is 11.8. The predicted octanol–water partition coefficient (Wildman–Crippen LogP) is 1.80. The van der Waals surface area contributed by atoms with Crippen LogP contribution < -0.4 is 5.56 Å². The maximum Gasteiger partial charge on any atom is 0.262 e. The maximum absolute atomic E-state index is 11.8. The van der Waals surface area contributed by atoms with Crippen LogP contribution in [0.3, 0.4) is 0 Å². The van der Waals surface area contributed by atoms with Gasteiger partial charge in [0.25, 0.3) is 5.56 Å². The van der Waals surface area contributed by atoms with E-state index < -0.39 is 0 Å². The molecule has 0 aliphatic rings. The summed E-state index contributed by atoms with van der Waals surface area (Å²) in [5.41, 5.74) is 1.81. The van der Waals surface area contributed by atoms with E-state index in [1.165, 1.54) is 4.40 Å².